The Bertz CT molecular complexity index is 764. The first-order chi connectivity index (χ1) is 11.5. The van der Waals surface area contributed by atoms with Crippen LogP contribution in [-0.2, 0) is 16.0 Å². The highest BCUT2D eigenvalue weighted by Crippen LogP contribution is 2.42. The summed E-state index contributed by atoms with van der Waals surface area (Å²) in [5.74, 6) is 0.266. The molecular formula is C19H22O5. The number of benzene rings is 2. The highest BCUT2D eigenvalue weighted by molar-refractivity contribution is 5.98. The Balaban J connectivity index is 2.73. The van der Waals surface area contributed by atoms with Gasteiger partial charge in [0.25, 0.3) is 0 Å². The van der Waals surface area contributed by atoms with Gasteiger partial charge in [0, 0.05) is 30.7 Å². The van der Waals surface area contributed by atoms with Gasteiger partial charge in [-0.3, -0.25) is 9.59 Å². The normalized spacial score (nSPS) is 10.5. The van der Waals surface area contributed by atoms with Gasteiger partial charge >= 0.3 is 11.9 Å². The van der Waals surface area contributed by atoms with E-state index in [0.717, 1.165) is 23.8 Å². The molecule has 0 bridgehead atoms. The Morgan fingerprint density at radius 3 is 2.21 bits per heavy atom. The molecule has 0 heterocycles. The molecule has 0 N–H and O–H groups in total. The Hall–Kier alpha value is -2.56. The van der Waals surface area contributed by atoms with Crippen LogP contribution in [0.5, 0.6) is 17.2 Å². The number of esters is 2. The van der Waals surface area contributed by atoms with Gasteiger partial charge < -0.3 is 14.2 Å². The van der Waals surface area contributed by atoms with E-state index in [2.05, 4.69) is 6.92 Å². The molecule has 0 saturated heterocycles. The Morgan fingerprint density at radius 1 is 0.917 bits per heavy atom. The summed E-state index contributed by atoms with van der Waals surface area (Å²) in [5, 5.41) is 1.39. The molecule has 0 atom stereocenters. The topological polar surface area (TPSA) is 61.8 Å². The standard InChI is InChI=1S/C19H22O5/c1-5-7-14-8-9-15-16(10-14)17(23-12(3)20)11-18(22-6-2)19(15)24-13(4)21/h8-11H,5-7H2,1-4H3. The average molecular weight is 330 g/mol. The maximum atomic E-state index is 11.5. The summed E-state index contributed by atoms with van der Waals surface area (Å²) in [4.78, 5) is 22.9. The summed E-state index contributed by atoms with van der Waals surface area (Å²) >= 11 is 0. The average Bonchev–Trinajstić information content (AvgIpc) is 2.50. The number of hydrogen-bond acceptors (Lipinski definition) is 5. The fourth-order valence-corrected chi connectivity index (χ4v) is 2.58. The van der Waals surface area contributed by atoms with Crippen molar-refractivity contribution < 1.29 is 23.8 Å². The predicted octanol–water partition coefficient (Wildman–Crippen LogP) is 4.04. The van der Waals surface area contributed by atoms with Gasteiger partial charge in [0.2, 0.25) is 0 Å². The minimum atomic E-state index is -0.435. The molecule has 2 aromatic carbocycles. The first-order valence-corrected chi connectivity index (χ1v) is 8.05. The van der Waals surface area contributed by atoms with Gasteiger partial charge in [-0.15, -0.1) is 0 Å². The van der Waals surface area contributed by atoms with Crippen molar-refractivity contribution in [1.29, 1.82) is 0 Å². The molecule has 0 saturated carbocycles. The van der Waals surface area contributed by atoms with Gasteiger partial charge in [0.15, 0.2) is 11.5 Å². The molecule has 5 nitrogen and oxygen atoms in total. The van der Waals surface area contributed by atoms with Crippen molar-refractivity contribution in [3.8, 4) is 17.2 Å². The maximum absolute atomic E-state index is 11.5. The fraction of sp³-hybridized carbons (Fsp3) is 0.368. The molecule has 128 valence electrons. The fourth-order valence-electron chi connectivity index (χ4n) is 2.58. The summed E-state index contributed by atoms with van der Waals surface area (Å²) in [5.41, 5.74) is 1.12. The molecule has 0 unspecified atom stereocenters. The van der Waals surface area contributed by atoms with E-state index < -0.39 is 11.9 Å². The van der Waals surface area contributed by atoms with Gasteiger partial charge in [0.05, 0.1) is 6.61 Å². The summed E-state index contributed by atoms with van der Waals surface area (Å²) in [6, 6.07) is 7.40. The molecule has 2 rings (SSSR count). The van der Waals surface area contributed by atoms with Gasteiger partial charge in [-0.25, -0.2) is 0 Å². The van der Waals surface area contributed by atoms with Gasteiger partial charge in [-0.2, -0.15) is 0 Å². The van der Waals surface area contributed by atoms with Gasteiger partial charge in [0.1, 0.15) is 5.75 Å². The van der Waals surface area contributed by atoms with E-state index in [0.29, 0.717) is 29.2 Å². The quantitative estimate of drug-likeness (QED) is 0.591. The van der Waals surface area contributed by atoms with Crippen LogP contribution in [0.25, 0.3) is 10.8 Å². The van der Waals surface area contributed by atoms with Gasteiger partial charge in [-0.05, 0) is 25.0 Å². The molecule has 5 heteroatoms. The Morgan fingerprint density at radius 2 is 1.62 bits per heavy atom. The molecule has 0 fully saturated rings. The second kappa shape index (κ2) is 7.81. The van der Waals surface area contributed by atoms with E-state index in [1.165, 1.54) is 13.8 Å². The van der Waals surface area contributed by atoms with Crippen LogP contribution in [0.4, 0.5) is 0 Å². The number of rotatable bonds is 6. The van der Waals surface area contributed by atoms with E-state index in [1.54, 1.807) is 6.07 Å². The first kappa shape index (κ1) is 17.8. The van der Waals surface area contributed by atoms with Crippen molar-refractivity contribution in [3.05, 3.63) is 29.8 Å². The molecule has 0 amide bonds. The van der Waals surface area contributed by atoms with E-state index in [1.807, 2.05) is 25.1 Å². The molecule has 0 spiro atoms. The van der Waals surface area contributed by atoms with Crippen LogP contribution >= 0.6 is 0 Å². The molecular weight excluding hydrogens is 308 g/mol. The zero-order chi connectivity index (χ0) is 17.7. The van der Waals surface area contributed by atoms with E-state index in [-0.39, 0.29) is 0 Å². The van der Waals surface area contributed by atoms with E-state index in [9.17, 15) is 9.59 Å². The minimum absolute atomic E-state index is 0.346. The third-order valence-corrected chi connectivity index (χ3v) is 3.42. The maximum Gasteiger partial charge on any atom is 0.308 e. The number of ether oxygens (including phenoxy) is 3. The Labute approximate surface area is 141 Å². The van der Waals surface area contributed by atoms with Crippen LogP contribution in [0.3, 0.4) is 0 Å². The first-order valence-electron chi connectivity index (χ1n) is 8.05. The predicted molar refractivity (Wildman–Crippen MR) is 91.7 cm³/mol. The van der Waals surface area contributed by atoms with E-state index >= 15 is 0 Å². The van der Waals surface area contributed by atoms with Crippen molar-refractivity contribution in [2.75, 3.05) is 6.61 Å². The van der Waals surface area contributed by atoms with Crippen LogP contribution in [0.2, 0.25) is 0 Å². The summed E-state index contributed by atoms with van der Waals surface area (Å²) in [6.45, 7) is 7.01. The molecule has 0 aliphatic rings. The van der Waals surface area contributed by atoms with Crippen molar-refractivity contribution in [2.45, 2.75) is 40.5 Å². The molecule has 24 heavy (non-hydrogen) atoms. The van der Waals surface area contributed by atoms with Crippen LogP contribution in [0.15, 0.2) is 24.3 Å². The molecule has 2 aromatic rings. The highest BCUT2D eigenvalue weighted by Gasteiger charge is 2.18. The lowest BCUT2D eigenvalue weighted by atomic mass is 10.0. The van der Waals surface area contributed by atoms with E-state index in [4.69, 9.17) is 14.2 Å². The Kier molecular flexibility index (Phi) is 5.79. The molecule has 0 aliphatic carbocycles. The summed E-state index contributed by atoms with van der Waals surface area (Å²) in [6.07, 6.45) is 1.91. The SMILES string of the molecule is CCCc1ccc2c(OC(C)=O)c(OCC)cc(OC(C)=O)c2c1. The smallest absolute Gasteiger partial charge is 0.308 e. The third-order valence-electron chi connectivity index (χ3n) is 3.42. The lowest BCUT2D eigenvalue weighted by Crippen LogP contribution is -2.07. The van der Waals surface area contributed by atoms with Crippen molar-refractivity contribution >= 4 is 22.7 Å². The molecule has 0 aliphatic heterocycles. The van der Waals surface area contributed by atoms with Crippen molar-refractivity contribution in [1.82, 2.24) is 0 Å². The van der Waals surface area contributed by atoms with Crippen molar-refractivity contribution in [2.24, 2.45) is 0 Å². The minimum Gasteiger partial charge on any atom is -0.490 e. The zero-order valence-electron chi connectivity index (χ0n) is 14.5. The number of aryl methyl sites for hydroxylation is 1. The monoisotopic (exact) mass is 330 g/mol. The number of carbonyl (C=O) groups excluding carboxylic acids is 2. The second-order valence-electron chi connectivity index (χ2n) is 5.45. The zero-order valence-corrected chi connectivity index (χ0v) is 14.5. The highest BCUT2D eigenvalue weighted by atomic mass is 16.6. The largest absolute Gasteiger partial charge is 0.490 e. The second-order valence-corrected chi connectivity index (χ2v) is 5.45. The van der Waals surface area contributed by atoms with Crippen LogP contribution in [-0.4, -0.2) is 18.5 Å². The third kappa shape index (κ3) is 4.04. The van der Waals surface area contributed by atoms with Gasteiger partial charge in [-0.1, -0.05) is 25.5 Å². The van der Waals surface area contributed by atoms with Crippen LogP contribution in [0, 0.1) is 0 Å². The van der Waals surface area contributed by atoms with Crippen LogP contribution in [0.1, 0.15) is 39.7 Å². The number of carbonyl (C=O) groups is 2. The molecule has 0 aromatic heterocycles. The molecule has 0 radical (unpaired) electrons. The number of fused-ring (bicyclic) bond motifs is 1. The summed E-state index contributed by atoms with van der Waals surface area (Å²) in [7, 11) is 0. The number of hydrogen-bond donors (Lipinski definition) is 0. The van der Waals surface area contributed by atoms with Crippen LogP contribution < -0.4 is 14.2 Å². The van der Waals surface area contributed by atoms with Crippen molar-refractivity contribution in [3.63, 3.8) is 0 Å². The lowest BCUT2D eigenvalue weighted by Gasteiger charge is -2.16. The summed E-state index contributed by atoms with van der Waals surface area (Å²) < 4.78 is 16.3. The lowest BCUT2D eigenvalue weighted by molar-refractivity contribution is -0.133.